The van der Waals surface area contributed by atoms with Crippen LogP contribution >= 0.6 is 15.9 Å². The van der Waals surface area contributed by atoms with Gasteiger partial charge in [-0.1, -0.05) is 29.8 Å². The number of aryl methyl sites for hydroxylation is 1. The summed E-state index contributed by atoms with van der Waals surface area (Å²) < 4.78 is 0. The van der Waals surface area contributed by atoms with Crippen molar-refractivity contribution in [3.63, 3.8) is 0 Å². The minimum Gasteiger partial charge on any atom is -0.340 e. The average molecular weight is 298 g/mol. The fourth-order valence-electron chi connectivity index (χ4n) is 2.12. The highest BCUT2D eigenvalue weighted by Gasteiger charge is 2.20. The lowest BCUT2D eigenvalue weighted by molar-refractivity contribution is 0.582. The zero-order chi connectivity index (χ0) is 12.4. The van der Waals surface area contributed by atoms with Crippen LogP contribution in [0.1, 0.15) is 44.0 Å². The van der Waals surface area contributed by atoms with Crippen molar-refractivity contribution in [1.29, 1.82) is 0 Å². The lowest BCUT2D eigenvalue weighted by atomic mass is 10.1. The van der Waals surface area contributed by atoms with Crippen molar-refractivity contribution in [3.05, 3.63) is 17.5 Å². The Morgan fingerprint density at radius 1 is 1.41 bits per heavy atom. The maximum Gasteiger partial charge on any atom is 0.225 e. The smallest absolute Gasteiger partial charge is 0.225 e. The van der Waals surface area contributed by atoms with Gasteiger partial charge in [-0.25, -0.2) is 9.97 Å². The van der Waals surface area contributed by atoms with Crippen LogP contribution in [0.25, 0.3) is 0 Å². The van der Waals surface area contributed by atoms with Crippen LogP contribution < -0.4 is 4.90 Å². The first kappa shape index (κ1) is 12.8. The fourth-order valence-corrected chi connectivity index (χ4v) is 2.79. The fraction of sp³-hybridized carbons (Fsp3) is 0.692. The van der Waals surface area contributed by atoms with Gasteiger partial charge in [-0.3, -0.25) is 0 Å². The van der Waals surface area contributed by atoms with Gasteiger partial charge in [-0.05, 0) is 31.7 Å². The molecule has 1 fully saturated rings. The van der Waals surface area contributed by atoms with Crippen LogP contribution in [0.5, 0.6) is 0 Å². The SMILES string of the molecule is Cc1cc(C(C)C)nc(N2CCCC(Br)C2)n1. The van der Waals surface area contributed by atoms with E-state index in [2.05, 4.69) is 50.7 Å². The predicted molar refractivity (Wildman–Crippen MR) is 75.0 cm³/mol. The van der Waals surface area contributed by atoms with Crippen molar-refractivity contribution >= 4 is 21.9 Å². The van der Waals surface area contributed by atoms with Crippen molar-refractivity contribution in [2.24, 2.45) is 0 Å². The quantitative estimate of drug-likeness (QED) is 0.785. The van der Waals surface area contributed by atoms with E-state index < -0.39 is 0 Å². The van der Waals surface area contributed by atoms with E-state index in [0.717, 1.165) is 30.4 Å². The lowest BCUT2D eigenvalue weighted by Crippen LogP contribution is -2.37. The molecule has 0 spiro atoms. The van der Waals surface area contributed by atoms with Crippen LogP contribution in [0.2, 0.25) is 0 Å². The number of alkyl halides is 1. The number of aromatic nitrogens is 2. The van der Waals surface area contributed by atoms with E-state index in [9.17, 15) is 0 Å². The number of hydrogen-bond acceptors (Lipinski definition) is 3. The molecular weight excluding hydrogens is 278 g/mol. The van der Waals surface area contributed by atoms with Crippen molar-refractivity contribution in [2.45, 2.75) is 44.4 Å². The molecule has 3 nitrogen and oxygen atoms in total. The number of rotatable bonds is 2. The minimum atomic E-state index is 0.458. The van der Waals surface area contributed by atoms with Crippen molar-refractivity contribution in [2.75, 3.05) is 18.0 Å². The molecule has 1 aromatic heterocycles. The molecule has 1 saturated heterocycles. The van der Waals surface area contributed by atoms with Crippen LogP contribution in [-0.4, -0.2) is 27.9 Å². The highest BCUT2D eigenvalue weighted by Crippen LogP contribution is 2.22. The third-order valence-corrected chi connectivity index (χ3v) is 3.85. The number of halogens is 1. The molecule has 0 bridgehead atoms. The Balaban J connectivity index is 2.25. The van der Waals surface area contributed by atoms with Gasteiger partial charge in [0.1, 0.15) is 0 Å². The molecule has 4 heteroatoms. The molecular formula is C13H20BrN3. The Labute approximate surface area is 112 Å². The molecule has 17 heavy (non-hydrogen) atoms. The van der Waals surface area contributed by atoms with Gasteiger partial charge in [0.25, 0.3) is 0 Å². The maximum atomic E-state index is 4.69. The molecule has 1 unspecified atom stereocenters. The van der Waals surface area contributed by atoms with E-state index in [-0.39, 0.29) is 0 Å². The predicted octanol–water partition coefficient (Wildman–Crippen LogP) is 3.27. The second kappa shape index (κ2) is 5.34. The molecule has 0 aromatic carbocycles. The van der Waals surface area contributed by atoms with Crippen LogP contribution in [0.4, 0.5) is 5.95 Å². The summed E-state index contributed by atoms with van der Waals surface area (Å²) in [4.78, 5) is 12.1. The Morgan fingerprint density at radius 3 is 2.82 bits per heavy atom. The van der Waals surface area contributed by atoms with Gasteiger partial charge in [-0.2, -0.15) is 0 Å². The molecule has 1 aliphatic heterocycles. The summed E-state index contributed by atoms with van der Waals surface area (Å²) in [5.41, 5.74) is 2.21. The van der Waals surface area contributed by atoms with Crippen LogP contribution in [0.3, 0.4) is 0 Å². The summed E-state index contributed by atoms with van der Waals surface area (Å²) in [6, 6.07) is 2.09. The Morgan fingerprint density at radius 2 is 2.18 bits per heavy atom. The zero-order valence-electron chi connectivity index (χ0n) is 10.8. The van der Waals surface area contributed by atoms with Gasteiger partial charge in [0.2, 0.25) is 5.95 Å². The molecule has 1 aliphatic rings. The lowest BCUT2D eigenvalue weighted by Gasteiger charge is -2.30. The summed E-state index contributed by atoms with van der Waals surface area (Å²) in [6.45, 7) is 8.49. The molecule has 2 rings (SSSR count). The first-order valence-electron chi connectivity index (χ1n) is 6.31. The van der Waals surface area contributed by atoms with Crippen LogP contribution in [0.15, 0.2) is 6.07 Å². The summed E-state index contributed by atoms with van der Waals surface area (Å²) in [5.74, 6) is 1.36. The summed E-state index contributed by atoms with van der Waals surface area (Å²) in [7, 11) is 0. The molecule has 0 aliphatic carbocycles. The molecule has 2 heterocycles. The van der Waals surface area contributed by atoms with Gasteiger partial charge in [0.15, 0.2) is 0 Å². The van der Waals surface area contributed by atoms with E-state index >= 15 is 0 Å². The van der Waals surface area contributed by atoms with Gasteiger partial charge < -0.3 is 4.90 Å². The summed E-state index contributed by atoms with van der Waals surface area (Å²) in [6.07, 6.45) is 2.46. The highest BCUT2D eigenvalue weighted by molar-refractivity contribution is 9.09. The molecule has 0 amide bonds. The first-order valence-corrected chi connectivity index (χ1v) is 7.22. The van der Waals surface area contributed by atoms with Crippen molar-refractivity contribution < 1.29 is 0 Å². The maximum absolute atomic E-state index is 4.69. The standard InChI is InChI=1S/C13H20BrN3/c1-9(2)12-7-10(3)15-13(16-12)17-6-4-5-11(14)8-17/h7,9,11H,4-6,8H2,1-3H3. The van der Waals surface area contributed by atoms with Gasteiger partial charge in [-0.15, -0.1) is 0 Å². The second-order valence-corrected chi connectivity index (χ2v) is 6.37. The molecule has 0 saturated carbocycles. The third kappa shape index (κ3) is 3.18. The van der Waals surface area contributed by atoms with E-state index in [1.165, 1.54) is 12.8 Å². The topological polar surface area (TPSA) is 29.0 Å². The van der Waals surface area contributed by atoms with E-state index in [1.54, 1.807) is 0 Å². The zero-order valence-corrected chi connectivity index (χ0v) is 12.4. The first-order chi connectivity index (χ1) is 8.06. The van der Waals surface area contributed by atoms with E-state index in [4.69, 9.17) is 0 Å². The number of hydrogen-bond donors (Lipinski definition) is 0. The average Bonchev–Trinajstić information content (AvgIpc) is 2.28. The number of nitrogens with zero attached hydrogens (tertiary/aromatic N) is 3. The van der Waals surface area contributed by atoms with Gasteiger partial charge >= 0.3 is 0 Å². The third-order valence-electron chi connectivity index (χ3n) is 3.10. The van der Waals surface area contributed by atoms with Gasteiger partial charge in [0.05, 0.1) is 0 Å². The molecule has 1 aromatic rings. The Kier molecular flexibility index (Phi) is 4.02. The normalized spacial score (nSPS) is 21.0. The molecule has 94 valence electrons. The molecule has 1 atom stereocenters. The van der Waals surface area contributed by atoms with Crippen molar-refractivity contribution in [3.8, 4) is 0 Å². The number of piperidine rings is 1. The van der Waals surface area contributed by atoms with Crippen LogP contribution in [-0.2, 0) is 0 Å². The Bertz CT molecular complexity index is 392. The van der Waals surface area contributed by atoms with E-state index in [0.29, 0.717) is 10.7 Å². The molecule has 0 radical (unpaired) electrons. The largest absolute Gasteiger partial charge is 0.340 e. The van der Waals surface area contributed by atoms with Gasteiger partial charge in [0, 0.05) is 29.3 Å². The van der Waals surface area contributed by atoms with Crippen molar-refractivity contribution in [1.82, 2.24) is 9.97 Å². The Hall–Kier alpha value is -0.640. The van der Waals surface area contributed by atoms with E-state index in [1.807, 2.05) is 6.92 Å². The number of anilines is 1. The van der Waals surface area contributed by atoms with Crippen LogP contribution in [0, 0.1) is 6.92 Å². The highest BCUT2D eigenvalue weighted by atomic mass is 79.9. The second-order valence-electron chi connectivity index (χ2n) is 5.07. The minimum absolute atomic E-state index is 0.458. The monoisotopic (exact) mass is 297 g/mol. The molecule has 0 N–H and O–H groups in total. The summed E-state index contributed by atoms with van der Waals surface area (Å²) in [5, 5.41) is 0. The summed E-state index contributed by atoms with van der Waals surface area (Å²) >= 11 is 3.69.